The number of amides is 1. The lowest BCUT2D eigenvalue weighted by Gasteiger charge is -2.36. The summed E-state index contributed by atoms with van der Waals surface area (Å²) in [6, 6.07) is 3.46. The lowest BCUT2D eigenvalue weighted by molar-refractivity contribution is -0.143. The average molecular weight is 602 g/mol. The smallest absolute Gasteiger partial charge is 0.416 e. The summed E-state index contributed by atoms with van der Waals surface area (Å²) in [6.07, 6.45) is -10.3. The van der Waals surface area contributed by atoms with E-state index in [1.54, 1.807) is 6.07 Å². The van der Waals surface area contributed by atoms with E-state index in [0.717, 1.165) is 17.6 Å². The van der Waals surface area contributed by atoms with Gasteiger partial charge in [0.25, 0.3) is 0 Å². The van der Waals surface area contributed by atoms with Crippen molar-refractivity contribution in [3.8, 4) is 5.75 Å². The van der Waals surface area contributed by atoms with Crippen molar-refractivity contribution in [1.82, 2.24) is 4.90 Å². The van der Waals surface area contributed by atoms with Crippen LogP contribution in [0.4, 0.5) is 35.5 Å². The molecule has 42 heavy (non-hydrogen) atoms. The van der Waals surface area contributed by atoms with Crippen molar-refractivity contribution in [1.29, 1.82) is 0 Å². The van der Waals surface area contributed by atoms with E-state index in [4.69, 9.17) is 9.47 Å². The molecule has 0 unspecified atom stereocenters. The number of cyclic esters (lactones) is 1. The third-order valence-electron chi connectivity index (χ3n) is 8.14. The number of hydrogen-bond acceptors (Lipinski definition) is 3. The maximum Gasteiger partial charge on any atom is 0.416 e. The molecule has 2 atom stereocenters. The second kappa shape index (κ2) is 11.1. The Morgan fingerprint density at radius 1 is 1.02 bits per heavy atom. The van der Waals surface area contributed by atoms with E-state index < -0.39 is 47.5 Å². The van der Waals surface area contributed by atoms with Gasteiger partial charge in [0.1, 0.15) is 17.7 Å². The van der Waals surface area contributed by atoms with E-state index in [1.807, 2.05) is 13.8 Å². The topological polar surface area (TPSA) is 38.8 Å². The SMILES string of the molecule is COc1cc(F)c(C(C)C)cc1C1=C(CN2C(=O)O[C@H](c3cc(C(F)(F)F)cc(C(F)(F)F)c3)[C@@H]2C)CCC(C)(C)C1. The van der Waals surface area contributed by atoms with E-state index in [9.17, 15) is 35.5 Å². The molecule has 1 saturated heterocycles. The second-order valence-corrected chi connectivity index (χ2v) is 12.2. The van der Waals surface area contributed by atoms with Crippen LogP contribution in [0.25, 0.3) is 5.57 Å². The van der Waals surface area contributed by atoms with Crippen molar-refractivity contribution in [2.24, 2.45) is 5.41 Å². The van der Waals surface area contributed by atoms with E-state index in [0.29, 0.717) is 41.9 Å². The van der Waals surface area contributed by atoms with Gasteiger partial charge in [0.2, 0.25) is 0 Å². The molecule has 0 saturated carbocycles. The quantitative estimate of drug-likeness (QED) is 0.310. The molecule has 1 fully saturated rings. The highest BCUT2D eigenvalue weighted by atomic mass is 19.4. The number of carbonyl (C=O) groups excluding carboxylic acids is 1. The first kappa shape index (κ1) is 31.7. The second-order valence-electron chi connectivity index (χ2n) is 12.2. The maximum atomic E-state index is 14.8. The van der Waals surface area contributed by atoms with Crippen molar-refractivity contribution in [2.75, 3.05) is 13.7 Å². The van der Waals surface area contributed by atoms with Crippen LogP contribution in [0.3, 0.4) is 0 Å². The highest BCUT2D eigenvalue weighted by Crippen LogP contribution is 2.47. The van der Waals surface area contributed by atoms with Crippen molar-refractivity contribution in [3.05, 3.63) is 69.5 Å². The molecule has 2 aliphatic rings. The summed E-state index contributed by atoms with van der Waals surface area (Å²) in [5, 5.41) is 0. The standard InChI is InChI=1S/C31H34F7NO3/c1-16(2)22-12-23(26(41-6)13-25(22)32)24-14-29(4,5)8-7-18(24)15-39-17(3)27(42-28(39)40)19-9-20(30(33,34)35)11-21(10-19)31(36,37)38/h9-13,16-17,27H,7-8,14-15H2,1-6H3/t17-,27-/m0/s1. The minimum atomic E-state index is -5.03. The van der Waals surface area contributed by atoms with Gasteiger partial charge in [-0.3, -0.25) is 4.90 Å². The van der Waals surface area contributed by atoms with Crippen LogP contribution in [0.2, 0.25) is 0 Å². The molecule has 0 aromatic heterocycles. The Labute approximate surface area is 240 Å². The van der Waals surface area contributed by atoms with Crippen LogP contribution in [0.5, 0.6) is 5.75 Å². The maximum absolute atomic E-state index is 14.8. The highest BCUT2D eigenvalue weighted by molar-refractivity contribution is 5.77. The Balaban J connectivity index is 1.76. The minimum Gasteiger partial charge on any atom is -0.496 e. The predicted octanol–water partition coefficient (Wildman–Crippen LogP) is 9.54. The molecule has 0 N–H and O–H groups in total. The first-order valence-electron chi connectivity index (χ1n) is 13.7. The van der Waals surface area contributed by atoms with Crippen LogP contribution >= 0.6 is 0 Å². The molecule has 2 aromatic rings. The van der Waals surface area contributed by atoms with E-state index in [2.05, 4.69) is 13.8 Å². The van der Waals surface area contributed by atoms with Gasteiger partial charge in [-0.15, -0.1) is 0 Å². The van der Waals surface area contributed by atoms with Gasteiger partial charge in [-0.2, -0.15) is 26.3 Å². The van der Waals surface area contributed by atoms with Crippen molar-refractivity contribution in [3.63, 3.8) is 0 Å². The number of allylic oxidation sites excluding steroid dienone is 1. The fourth-order valence-corrected chi connectivity index (χ4v) is 5.72. The number of nitrogens with zero attached hydrogens (tertiary/aromatic N) is 1. The number of alkyl halides is 6. The number of hydrogen-bond donors (Lipinski definition) is 0. The van der Waals surface area contributed by atoms with Crippen LogP contribution in [0.15, 0.2) is 35.9 Å². The lowest BCUT2D eigenvalue weighted by Crippen LogP contribution is -2.35. The summed E-state index contributed by atoms with van der Waals surface area (Å²) < 4.78 is 107. The molecule has 11 heteroatoms. The van der Waals surface area contributed by atoms with Gasteiger partial charge in [0.15, 0.2) is 0 Å². The monoisotopic (exact) mass is 601 g/mol. The number of ether oxygens (including phenoxy) is 2. The molecular formula is C31H34F7NO3. The molecule has 0 spiro atoms. The van der Waals surface area contributed by atoms with Crippen molar-refractivity contribution < 1.29 is 45.0 Å². The largest absolute Gasteiger partial charge is 0.496 e. The molecule has 1 amide bonds. The Hall–Kier alpha value is -3.24. The zero-order valence-electron chi connectivity index (χ0n) is 24.3. The zero-order chi connectivity index (χ0) is 31.4. The molecular weight excluding hydrogens is 567 g/mol. The molecule has 0 bridgehead atoms. The lowest BCUT2D eigenvalue weighted by atomic mass is 9.72. The molecule has 2 aromatic carbocycles. The van der Waals surface area contributed by atoms with Crippen molar-refractivity contribution >= 4 is 11.7 Å². The number of halogens is 7. The zero-order valence-corrected chi connectivity index (χ0v) is 24.3. The molecule has 4 rings (SSSR count). The molecule has 0 radical (unpaired) electrons. The first-order chi connectivity index (χ1) is 19.3. The fraction of sp³-hybridized carbons (Fsp3) is 0.516. The van der Waals surface area contributed by atoms with Crippen LogP contribution in [0, 0.1) is 11.2 Å². The average Bonchev–Trinajstić information content (AvgIpc) is 3.16. The van der Waals surface area contributed by atoms with Crippen LogP contribution in [-0.4, -0.2) is 30.7 Å². The molecule has 1 heterocycles. The van der Waals surface area contributed by atoms with Gasteiger partial charge in [-0.25, -0.2) is 9.18 Å². The molecule has 1 aliphatic heterocycles. The van der Waals surface area contributed by atoms with E-state index in [-0.39, 0.29) is 29.5 Å². The molecule has 1 aliphatic carbocycles. The van der Waals surface area contributed by atoms with Crippen molar-refractivity contribution in [2.45, 2.75) is 84.3 Å². The van der Waals surface area contributed by atoms with Crippen LogP contribution in [0.1, 0.15) is 93.7 Å². The highest BCUT2D eigenvalue weighted by Gasteiger charge is 2.44. The normalized spacial score (nSPS) is 21.3. The van der Waals surface area contributed by atoms with Gasteiger partial charge < -0.3 is 9.47 Å². The van der Waals surface area contributed by atoms with Gasteiger partial charge >= 0.3 is 18.4 Å². The third-order valence-corrected chi connectivity index (χ3v) is 8.14. The number of rotatable bonds is 6. The third kappa shape index (κ3) is 6.39. The molecule has 4 nitrogen and oxygen atoms in total. The summed E-state index contributed by atoms with van der Waals surface area (Å²) >= 11 is 0. The first-order valence-corrected chi connectivity index (χ1v) is 13.7. The van der Waals surface area contributed by atoms with E-state index in [1.165, 1.54) is 25.0 Å². The van der Waals surface area contributed by atoms with Gasteiger partial charge in [-0.05, 0) is 84.1 Å². The number of methoxy groups -OCH3 is 1. The summed E-state index contributed by atoms with van der Waals surface area (Å²) in [4.78, 5) is 14.4. The van der Waals surface area contributed by atoms with E-state index >= 15 is 0 Å². The number of carbonyl (C=O) groups is 1. The summed E-state index contributed by atoms with van der Waals surface area (Å²) in [5.74, 6) is -0.180. The Kier molecular flexibility index (Phi) is 8.39. The molecule has 230 valence electrons. The Bertz CT molecular complexity index is 1360. The fourth-order valence-electron chi connectivity index (χ4n) is 5.72. The summed E-state index contributed by atoms with van der Waals surface area (Å²) in [5.41, 5.74) is -0.556. The van der Waals surface area contributed by atoms with Gasteiger partial charge in [-0.1, -0.05) is 27.7 Å². The minimum absolute atomic E-state index is 0.0462. The number of benzene rings is 2. The predicted molar refractivity (Wildman–Crippen MR) is 143 cm³/mol. The van der Waals surface area contributed by atoms with Crippen LogP contribution in [-0.2, 0) is 17.1 Å². The summed E-state index contributed by atoms with van der Waals surface area (Å²) in [6.45, 7) is 9.51. The Morgan fingerprint density at radius 2 is 1.62 bits per heavy atom. The van der Waals surface area contributed by atoms with Gasteiger partial charge in [0.05, 0.1) is 24.3 Å². The van der Waals surface area contributed by atoms with Crippen LogP contribution < -0.4 is 4.74 Å². The van der Waals surface area contributed by atoms with Gasteiger partial charge in [0, 0.05) is 18.2 Å². The summed E-state index contributed by atoms with van der Waals surface area (Å²) in [7, 11) is 1.44. The Morgan fingerprint density at radius 3 is 2.14 bits per heavy atom.